The van der Waals surface area contributed by atoms with E-state index in [1.54, 1.807) is 0 Å². The van der Waals surface area contributed by atoms with E-state index >= 15 is 0 Å². The maximum Gasteiger partial charge on any atom is 0.230 e. The molecule has 0 fully saturated rings. The average molecular weight is 364 g/mol. The maximum atomic E-state index is 12.0. The summed E-state index contributed by atoms with van der Waals surface area (Å²) in [5.41, 5.74) is 0.983. The third-order valence-electron chi connectivity index (χ3n) is 3.47. The molecular formula is C18H18ClNO3S. The third-order valence-corrected chi connectivity index (χ3v) is 4.70. The van der Waals surface area contributed by atoms with E-state index in [1.807, 2.05) is 42.5 Å². The van der Waals surface area contributed by atoms with Crippen LogP contribution in [0.3, 0.4) is 0 Å². The van der Waals surface area contributed by atoms with Crippen LogP contribution in [0, 0.1) is 0 Å². The first-order chi connectivity index (χ1) is 11.7. The van der Waals surface area contributed by atoms with Crippen LogP contribution in [0.2, 0.25) is 5.02 Å². The highest BCUT2D eigenvalue weighted by atomic mass is 35.5. The van der Waals surface area contributed by atoms with Crippen LogP contribution in [-0.2, 0) is 11.3 Å². The predicted octanol–water partition coefficient (Wildman–Crippen LogP) is 3.91. The minimum atomic E-state index is -0.0212. The summed E-state index contributed by atoms with van der Waals surface area (Å²) in [5.74, 6) is 1.84. The summed E-state index contributed by atoms with van der Waals surface area (Å²) in [6.45, 7) is 1.80. The molecule has 0 spiro atoms. The first-order valence-corrected chi connectivity index (χ1v) is 9.11. The molecule has 4 nitrogen and oxygen atoms in total. The Kier molecular flexibility index (Phi) is 5.88. The molecule has 3 rings (SSSR count). The molecule has 0 atom stereocenters. The number of rotatable bonds is 5. The van der Waals surface area contributed by atoms with E-state index in [9.17, 15) is 4.79 Å². The molecule has 0 bridgehead atoms. The Morgan fingerprint density at radius 2 is 1.96 bits per heavy atom. The van der Waals surface area contributed by atoms with Gasteiger partial charge in [-0.2, -0.15) is 0 Å². The molecule has 1 aliphatic heterocycles. The van der Waals surface area contributed by atoms with Crippen molar-refractivity contribution in [2.24, 2.45) is 0 Å². The molecule has 0 saturated heterocycles. The van der Waals surface area contributed by atoms with Crippen LogP contribution in [0.5, 0.6) is 11.5 Å². The average Bonchev–Trinajstić information content (AvgIpc) is 2.83. The van der Waals surface area contributed by atoms with Gasteiger partial charge in [0.1, 0.15) is 0 Å². The summed E-state index contributed by atoms with van der Waals surface area (Å²) in [6, 6.07) is 13.2. The molecule has 2 aromatic rings. The monoisotopic (exact) mass is 363 g/mol. The van der Waals surface area contributed by atoms with Crippen molar-refractivity contribution in [1.82, 2.24) is 5.32 Å². The number of hydrogen-bond donors (Lipinski definition) is 1. The van der Waals surface area contributed by atoms with E-state index in [4.69, 9.17) is 21.1 Å². The van der Waals surface area contributed by atoms with Crippen molar-refractivity contribution in [2.45, 2.75) is 17.9 Å². The Balaban J connectivity index is 1.50. The van der Waals surface area contributed by atoms with Gasteiger partial charge in [0.05, 0.1) is 19.0 Å². The highest BCUT2D eigenvalue weighted by Crippen LogP contribution is 2.33. The molecule has 2 aromatic carbocycles. The molecule has 24 heavy (non-hydrogen) atoms. The third kappa shape index (κ3) is 4.82. The van der Waals surface area contributed by atoms with E-state index in [0.29, 0.717) is 30.5 Å². The molecule has 1 heterocycles. The van der Waals surface area contributed by atoms with Crippen LogP contribution in [0.4, 0.5) is 0 Å². The summed E-state index contributed by atoms with van der Waals surface area (Å²) in [6.07, 6.45) is 0.878. The topological polar surface area (TPSA) is 47.6 Å². The second-order valence-corrected chi connectivity index (χ2v) is 6.84. The fraction of sp³-hybridized carbons (Fsp3) is 0.278. The van der Waals surface area contributed by atoms with Crippen LogP contribution in [0.25, 0.3) is 0 Å². The largest absolute Gasteiger partial charge is 0.490 e. The lowest BCUT2D eigenvalue weighted by Crippen LogP contribution is -2.24. The number of amides is 1. The molecule has 1 amide bonds. The van der Waals surface area contributed by atoms with Crippen LogP contribution in [-0.4, -0.2) is 24.9 Å². The van der Waals surface area contributed by atoms with Gasteiger partial charge in [-0.1, -0.05) is 23.7 Å². The molecule has 1 aliphatic rings. The molecule has 0 radical (unpaired) electrons. The Morgan fingerprint density at radius 1 is 1.12 bits per heavy atom. The second-order valence-electron chi connectivity index (χ2n) is 5.35. The number of carbonyl (C=O) groups excluding carboxylic acids is 1. The Morgan fingerprint density at radius 3 is 2.79 bits per heavy atom. The van der Waals surface area contributed by atoms with Crippen molar-refractivity contribution < 1.29 is 14.3 Å². The molecule has 1 N–H and O–H groups in total. The van der Waals surface area contributed by atoms with Gasteiger partial charge >= 0.3 is 0 Å². The SMILES string of the molecule is O=C(CSc1ccc2c(c1)OCCCO2)NCc1cccc(Cl)c1. The molecular weight excluding hydrogens is 346 g/mol. The van der Waals surface area contributed by atoms with Gasteiger partial charge < -0.3 is 14.8 Å². The van der Waals surface area contributed by atoms with Crippen LogP contribution >= 0.6 is 23.4 Å². The zero-order valence-corrected chi connectivity index (χ0v) is 14.7. The zero-order chi connectivity index (χ0) is 16.8. The van der Waals surface area contributed by atoms with Gasteiger partial charge in [-0.25, -0.2) is 0 Å². The van der Waals surface area contributed by atoms with Gasteiger partial charge in [-0.05, 0) is 35.9 Å². The summed E-state index contributed by atoms with van der Waals surface area (Å²) in [4.78, 5) is 13.0. The van der Waals surface area contributed by atoms with Crippen molar-refractivity contribution >= 4 is 29.3 Å². The van der Waals surface area contributed by atoms with E-state index in [2.05, 4.69) is 5.32 Å². The number of carbonyl (C=O) groups is 1. The van der Waals surface area contributed by atoms with Gasteiger partial charge in [-0.15, -0.1) is 11.8 Å². The molecule has 0 unspecified atom stereocenters. The first kappa shape index (κ1) is 17.0. The predicted molar refractivity (Wildman–Crippen MR) is 96.1 cm³/mol. The molecule has 0 saturated carbocycles. The Hall–Kier alpha value is -1.85. The van der Waals surface area contributed by atoms with Crippen LogP contribution in [0.1, 0.15) is 12.0 Å². The van der Waals surface area contributed by atoms with Gasteiger partial charge in [0.25, 0.3) is 0 Å². The maximum absolute atomic E-state index is 12.0. The minimum Gasteiger partial charge on any atom is -0.490 e. The lowest BCUT2D eigenvalue weighted by Gasteiger charge is -2.09. The van der Waals surface area contributed by atoms with Crippen LogP contribution in [0.15, 0.2) is 47.4 Å². The van der Waals surface area contributed by atoms with E-state index in [1.165, 1.54) is 11.8 Å². The van der Waals surface area contributed by atoms with Gasteiger partial charge in [0, 0.05) is 22.9 Å². The lowest BCUT2D eigenvalue weighted by atomic mass is 10.2. The number of hydrogen-bond acceptors (Lipinski definition) is 4. The lowest BCUT2D eigenvalue weighted by molar-refractivity contribution is -0.118. The number of nitrogens with one attached hydrogen (secondary N) is 1. The molecule has 6 heteroatoms. The van der Waals surface area contributed by atoms with Crippen molar-refractivity contribution in [2.75, 3.05) is 19.0 Å². The molecule has 0 aliphatic carbocycles. The van der Waals surface area contributed by atoms with Crippen molar-refractivity contribution in [3.8, 4) is 11.5 Å². The fourth-order valence-electron chi connectivity index (χ4n) is 2.28. The summed E-state index contributed by atoms with van der Waals surface area (Å²) in [7, 11) is 0. The fourth-order valence-corrected chi connectivity index (χ4v) is 3.25. The molecule has 0 aromatic heterocycles. The highest BCUT2D eigenvalue weighted by molar-refractivity contribution is 8.00. The van der Waals surface area contributed by atoms with Gasteiger partial charge in [0.15, 0.2) is 11.5 Å². The van der Waals surface area contributed by atoms with Crippen molar-refractivity contribution in [1.29, 1.82) is 0 Å². The van der Waals surface area contributed by atoms with Crippen molar-refractivity contribution in [3.05, 3.63) is 53.1 Å². The summed E-state index contributed by atoms with van der Waals surface area (Å²) in [5, 5.41) is 3.56. The van der Waals surface area contributed by atoms with Crippen molar-refractivity contribution in [3.63, 3.8) is 0 Å². The summed E-state index contributed by atoms with van der Waals surface area (Å²) < 4.78 is 11.3. The summed E-state index contributed by atoms with van der Waals surface area (Å²) >= 11 is 7.40. The smallest absolute Gasteiger partial charge is 0.230 e. The normalized spacial score (nSPS) is 13.2. The quantitative estimate of drug-likeness (QED) is 0.818. The molecule has 126 valence electrons. The van der Waals surface area contributed by atoms with E-state index < -0.39 is 0 Å². The minimum absolute atomic E-state index is 0.0212. The Bertz CT molecular complexity index is 723. The zero-order valence-electron chi connectivity index (χ0n) is 13.1. The number of thioether (sulfide) groups is 1. The standard InChI is InChI=1S/C18H18ClNO3S/c19-14-4-1-3-13(9-14)11-20-18(21)12-24-15-5-6-16-17(10-15)23-8-2-7-22-16/h1,3-6,9-10H,2,7-8,11-12H2,(H,20,21). The number of fused-ring (bicyclic) bond motifs is 1. The number of halogens is 1. The number of benzene rings is 2. The van der Waals surface area contributed by atoms with E-state index in [0.717, 1.165) is 28.4 Å². The highest BCUT2D eigenvalue weighted by Gasteiger charge is 2.11. The van der Waals surface area contributed by atoms with Gasteiger partial charge in [-0.3, -0.25) is 4.79 Å². The van der Waals surface area contributed by atoms with Crippen LogP contribution < -0.4 is 14.8 Å². The first-order valence-electron chi connectivity index (χ1n) is 7.74. The second kappa shape index (κ2) is 8.31. The Labute approximate surface area is 150 Å². The van der Waals surface area contributed by atoms with E-state index in [-0.39, 0.29) is 5.91 Å². The van der Waals surface area contributed by atoms with Gasteiger partial charge in [0.2, 0.25) is 5.91 Å². The number of ether oxygens (including phenoxy) is 2.